The van der Waals surface area contributed by atoms with Gasteiger partial charge in [0.05, 0.1) is 10.2 Å². The molecule has 1 aliphatic rings. The summed E-state index contributed by atoms with van der Waals surface area (Å²) in [6.07, 6.45) is 2.41. The molecule has 1 fully saturated rings. The number of rotatable bonds is 5. The lowest BCUT2D eigenvalue weighted by atomic mass is 10.2. The maximum absolute atomic E-state index is 6.00. The lowest BCUT2D eigenvalue weighted by molar-refractivity contribution is 0.277. The fourth-order valence-corrected chi connectivity index (χ4v) is 3.83. The van der Waals surface area contributed by atoms with Gasteiger partial charge in [0.15, 0.2) is 0 Å². The zero-order valence-electron chi connectivity index (χ0n) is 13.0. The molecule has 0 radical (unpaired) electrons. The van der Waals surface area contributed by atoms with E-state index in [1.807, 2.05) is 42.5 Å². The Bertz CT molecular complexity index is 829. The van der Waals surface area contributed by atoms with Crippen LogP contribution in [0.3, 0.4) is 0 Å². The number of benzene rings is 2. The molecule has 4 rings (SSSR count). The second-order valence-electron chi connectivity index (χ2n) is 5.77. The largest absolute Gasteiger partial charge is 0.492 e. The monoisotopic (exact) mass is 360 g/mol. The summed E-state index contributed by atoms with van der Waals surface area (Å²) in [4.78, 5) is 4.46. The van der Waals surface area contributed by atoms with Crippen molar-refractivity contribution in [2.75, 3.05) is 13.2 Å². The van der Waals surface area contributed by atoms with Crippen molar-refractivity contribution in [2.24, 2.45) is 0 Å². The van der Waals surface area contributed by atoms with Crippen LogP contribution in [0.2, 0.25) is 5.02 Å². The van der Waals surface area contributed by atoms with E-state index >= 15 is 0 Å². The smallest absolute Gasteiger partial charge is 0.279 e. The zero-order chi connectivity index (χ0) is 16.4. The Hall–Kier alpha value is -1.82. The molecule has 0 bridgehead atoms. The molecule has 1 N–H and O–H groups in total. The average Bonchev–Trinajstić information content (AvgIpc) is 3.23. The third-order valence-corrected chi connectivity index (χ3v) is 5.10. The van der Waals surface area contributed by atoms with Crippen molar-refractivity contribution in [3.05, 3.63) is 47.5 Å². The molecule has 0 spiro atoms. The molecule has 0 aliphatic carbocycles. The van der Waals surface area contributed by atoms with E-state index in [1.54, 1.807) is 0 Å². The normalized spacial score (nSPS) is 17.3. The van der Waals surface area contributed by atoms with Crippen molar-refractivity contribution in [3.63, 3.8) is 0 Å². The minimum absolute atomic E-state index is 0.468. The topological polar surface area (TPSA) is 43.4 Å². The molecule has 1 saturated heterocycles. The van der Waals surface area contributed by atoms with Crippen LogP contribution >= 0.6 is 22.9 Å². The van der Waals surface area contributed by atoms with Crippen LogP contribution in [0.5, 0.6) is 16.7 Å². The third kappa shape index (κ3) is 3.64. The van der Waals surface area contributed by atoms with Gasteiger partial charge in [-0.05, 0) is 61.9 Å². The number of aromatic nitrogens is 1. The highest BCUT2D eigenvalue weighted by molar-refractivity contribution is 7.20. The second-order valence-corrected chi connectivity index (χ2v) is 7.20. The van der Waals surface area contributed by atoms with Gasteiger partial charge in [-0.15, -0.1) is 0 Å². The van der Waals surface area contributed by atoms with Crippen molar-refractivity contribution >= 4 is 33.2 Å². The maximum atomic E-state index is 6.00. The van der Waals surface area contributed by atoms with E-state index in [2.05, 4.69) is 10.3 Å². The van der Waals surface area contributed by atoms with Crippen molar-refractivity contribution in [1.82, 2.24) is 10.3 Å². The highest BCUT2D eigenvalue weighted by Crippen LogP contribution is 2.33. The Morgan fingerprint density at radius 1 is 1.17 bits per heavy atom. The Balaban J connectivity index is 1.40. The van der Waals surface area contributed by atoms with Crippen LogP contribution in [-0.2, 0) is 0 Å². The SMILES string of the molecule is Clc1ccc2nc(Oc3ccc(OCC4CCCN4)cc3)sc2c1. The Morgan fingerprint density at radius 2 is 2.00 bits per heavy atom. The number of thiazole rings is 1. The Kier molecular flexibility index (Phi) is 4.56. The highest BCUT2D eigenvalue weighted by Gasteiger charge is 2.14. The van der Waals surface area contributed by atoms with E-state index in [4.69, 9.17) is 21.1 Å². The van der Waals surface area contributed by atoms with Crippen molar-refractivity contribution in [3.8, 4) is 16.7 Å². The molecule has 4 nitrogen and oxygen atoms in total. The fraction of sp³-hybridized carbons (Fsp3) is 0.278. The van der Waals surface area contributed by atoms with Gasteiger partial charge in [0, 0.05) is 11.1 Å². The fourth-order valence-electron chi connectivity index (χ4n) is 2.72. The van der Waals surface area contributed by atoms with Crippen LogP contribution in [-0.4, -0.2) is 24.2 Å². The Morgan fingerprint density at radius 3 is 2.79 bits per heavy atom. The number of hydrogen-bond donors (Lipinski definition) is 1. The van der Waals surface area contributed by atoms with E-state index in [0.717, 1.165) is 28.3 Å². The van der Waals surface area contributed by atoms with Crippen molar-refractivity contribution < 1.29 is 9.47 Å². The molecule has 0 saturated carbocycles. The molecule has 3 aromatic rings. The summed E-state index contributed by atoms with van der Waals surface area (Å²) in [7, 11) is 0. The third-order valence-electron chi connectivity index (χ3n) is 3.97. The first-order valence-corrected chi connectivity index (χ1v) is 9.16. The first-order chi connectivity index (χ1) is 11.8. The summed E-state index contributed by atoms with van der Waals surface area (Å²) in [5, 5.41) is 4.73. The molecular weight excluding hydrogens is 344 g/mol. The predicted molar refractivity (Wildman–Crippen MR) is 97.7 cm³/mol. The van der Waals surface area contributed by atoms with Gasteiger partial charge in [0.2, 0.25) is 0 Å². The van der Waals surface area contributed by atoms with Gasteiger partial charge >= 0.3 is 0 Å². The van der Waals surface area contributed by atoms with Gasteiger partial charge in [-0.2, -0.15) is 0 Å². The summed E-state index contributed by atoms with van der Waals surface area (Å²) >= 11 is 7.48. The van der Waals surface area contributed by atoms with Crippen LogP contribution in [0.25, 0.3) is 10.2 Å². The van der Waals surface area contributed by atoms with Gasteiger partial charge in [0.25, 0.3) is 5.19 Å². The molecule has 124 valence electrons. The maximum Gasteiger partial charge on any atom is 0.279 e. The first kappa shape index (κ1) is 15.7. The van der Waals surface area contributed by atoms with Crippen molar-refractivity contribution in [2.45, 2.75) is 18.9 Å². The van der Waals surface area contributed by atoms with E-state index < -0.39 is 0 Å². The Labute approximate surface area is 149 Å². The molecule has 6 heteroatoms. The predicted octanol–water partition coefficient (Wildman–Crippen LogP) is 4.87. The first-order valence-electron chi connectivity index (χ1n) is 7.96. The van der Waals surface area contributed by atoms with Crippen LogP contribution < -0.4 is 14.8 Å². The summed E-state index contributed by atoms with van der Waals surface area (Å²) in [6.45, 7) is 1.80. The quantitative estimate of drug-likeness (QED) is 0.704. The molecule has 2 heterocycles. The molecule has 1 unspecified atom stereocenters. The summed E-state index contributed by atoms with van der Waals surface area (Å²) in [5.41, 5.74) is 0.892. The van der Waals surface area contributed by atoms with E-state index in [0.29, 0.717) is 22.9 Å². The van der Waals surface area contributed by atoms with Gasteiger partial charge in [-0.1, -0.05) is 22.9 Å². The molecular formula is C18H17ClN2O2S. The van der Waals surface area contributed by atoms with E-state index in [-0.39, 0.29) is 0 Å². The number of fused-ring (bicyclic) bond motifs is 1. The highest BCUT2D eigenvalue weighted by atomic mass is 35.5. The second kappa shape index (κ2) is 6.97. The van der Waals surface area contributed by atoms with Gasteiger partial charge in [0.1, 0.15) is 18.1 Å². The number of nitrogens with zero attached hydrogens (tertiary/aromatic N) is 1. The minimum atomic E-state index is 0.468. The lowest BCUT2D eigenvalue weighted by Gasteiger charge is -2.12. The van der Waals surface area contributed by atoms with Crippen LogP contribution in [0.15, 0.2) is 42.5 Å². The van der Waals surface area contributed by atoms with Crippen LogP contribution in [0.4, 0.5) is 0 Å². The molecule has 24 heavy (non-hydrogen) atoms. The minimum Gasteiger partial charge on any atom is -0.492 e. The van der Waals surface area contributed by atoms with Crippen molar-refractivity contribution in [1.29, 1.82) is 0 Å². The number of nitrogens with one attached hydrogen (secondary N) is 1. The van der Waals surface area contributed by atoms with Gasteiger partial charge in [-0.25, -0.2) is 4.98 Å². The summed E-state index contributed by atoms with van der Waals surface area (Å²) in [5.74, 6) is 1.60. The van der Waals surface area contributed by atoms with E-state index in [9.17, 15) is 0 Å². The molecule has 1 aliphatic heterocycles. The summed E-state index contributed by atoms with van der Waals surface area (Å²) < 4.78 is 12.7. The van der Waals surface area contributed by atoms with E-state index in [1.165, 1.54) is 24.2 Å². The average molecular weight is 361 g/mol. The molecule has 0 amide bonds. The van der Waals surface area contributed by atoms with Crippen LogP contribution in [0, 0.1) is 0 Å². The molecule has 2 aromatic carbocycles. The lowest BCUT2D eigenvalue weighted by Crippen LogP contribution is -2.28. The van der Waals surface area contributed by atoms with Crippen LogP contribution in [0.1, 0.15) is 12.8 Å². The molecule has 1 atom stereocenters. The zero-order valence-corrected chi connectivity index (χ0v) is 14.6. The standard InChI is InChI=1S/C18H17ClN2O2S/c19-12-3-8-16-17(10-12)24-18(21-16)23-15-6-4-14(5-7-15)22-11-13-2-1-9-20-13/h3-8,10,13,20H,1-2,9,11H2. The molecule has 1 aromatic heterocycles. The van der Waals surface area contributed by atoms with Gasteiger partial charge in [-0.3, -0.25) is 0 Å². The number of hydrogen-bond acceptors (Lipinski definition) is 5. The number of halogens is 1. The van der Waals surface area contributed by atoms with Gasteiger partial charge < -0.3 is 14.8 Å². The summed E-state index contributed by atoms with van der Waals surface area (Å²) in [6, 6.07) is 13.7. The number of ether oxygens (including phenoxy) is 2.